The van der Waals surface area contributed by atoms with Crippen LogP contribution < -0.4 is 0 Å². The number of thiophene rings is 1. The molecule has 0 aromatic carbocycles. The predicted octanol–water partition coefficient (Wildman–Crippen LogP) is 2.55. The Balaban J connectivity index is 2.30. The summed E-state index contributed by atoms with van der Waals surface area (Å²) in [7, 11) is 0. The molecule has 0 N–H and O–H groups in total. The molecule has 0 amide bonds. The fourth-order valence-electron chi connectivity index (χ4n) is 1.08. The van der Waals surface area contributed by atoms with Gasteiger partial charge in [0, 0.05) is 4.88 Å². The second-order valence-corrected chi connectivity index (χ2v) is 3.89. The zero-order valence-electron chi connectivity index (χ0n) is 8.00. The van der Waals surface area contributed by atoms with Gasteiger partial charge in [-0.2, -0.15) is 0 Å². The summed E-state index contributed by atoms with van der Waals surface area (Å²) < 4.78 is 4.84. The predicted molar refractivity (Wildman–Crippen MR) is 54.0 cm³/mol. The molecule has 13 heavy (non-hydrogen) atoms. The van der Waals surface area contributed by atoms with Gasteiger partial charge in [-0.05, 0) is 37.3 Å². The van der Waals surface area contributed by atoms with Crippen LogP contribution in [0.4, 0.5) is 0 Å². The maximum absolute atomic E-state index is 11.0. The van der Waals surface area contributed by atoms with Gasteiger partial charge in [0.2, 0.25) is 0 Å². The Labute approximate surface area is 82.5 Å². The molecule has 0 saturated carbocycles. The van der Waals surface area contributed by atoms with Crippen molar-refractivity contribution in [3.8, 4) is 0 Å². The Hall–Kier alpha value is -0.830. The largest absolute Gasteiger partial charge is 0.466 e. The van der Waals surface area contributed by atoms with Crippen molar-refractivity contribution in [2.45, 2.75) is 26.7 Å². The average molecular weight is 198 g/mol. The summed E-state index contributed by atoms with van der Waals surface area (Å²) in [5, 5.41) is 2.10. The lowest BCUT2D eigenvalue weighted by Crippen LogP contribution is -2.04. The van der Waals surface area contributed by atoms with Gasteiger partial charge in [-0.3, -0.25) is 4.79 Å². The summed E-state index contributed by atoms with van der Waals surface area (Å²) in [6, 6.07) is 2.11. The molecule has 0 unspecified atom stereocenters. The SMILES string of the molecule is CCOC(=O)CCc1cc(C)cs1. The standard InChI is InChI=1S/C10H14O2S/c1-3-12-10(11)5-4-9-6-8(2)7-13-9/h6-7H,3-5H2,1-2H3. The highest BCUT2D eigenvalue weighted by Gasteiger charge is 2.03. The zero-order chi connectivity index (χ0) is 9.68. The molecular weight excluding hydrogens is 184 g/mol. The first kappa shape index (κ1) is 10.3. The molecule has 0 aliphatic carbocycles. The van der Waals surface area contributed by atoms with Crippen LogP contribution in [-0.4, -0.2) is 12.6 Å². The van der Waals surface area contributed by atoms with E-state index in [1.807, 2.05) is 6.92 Å². The maximum atomic E-state index is 11.0. The van der Waals surface area contributed by atoms with E-state index in [0.717, 1.165) is 6.42 Å². The number of esters is 1. The minimum absolute atomic E-state index is 0.103. The number of carbonyl (C=O) groups is 1. The summed E-state index contributed by atoms with van der Waals surface area (Å²) >= 11 is 1.70. The number of hydrogen-bond donors (Lipinski definition) is 0. The highest BCUT2D eigenvalue weighted by Crippen LogP contribution is 2.15. The van der Waals surface area contributed by atoms with Crippen molar-refractivity contribution in [3.63, 3.8) is 0 Å². The molecule has 0 aliphatic rings. The van der Waals surface area contributed by atoms with E-state index in [0.29, 0.717) is 13.0 Å². The van der Waals surface area contributed by atoms with Crippen LogP contribution in [0.1, 0.15) is 23.8 Å². The van der Waals surface area contributed by atoms with E-state index >= 15 is 0 Å². The van der Waals surface area contributed by atoms with Crippen molar-refractivity contribution >= 4 is 17.3 Å². The minimum atomic E-state index is -0.103. The Kier molecular flexibility index (Phi) is 3.96. The van der Waals surface area contributed by atoms with Crippen LogP contribution >= 0.6 is 11.3 Å². The third-order valence-corrected chi connectivity index (χ3v) is 2.78. The highest BCUT2D eigenvalue weighted by atomic mass is 32.1. The smallest absolute Gasteiger partial charge is 0.306 e. The van der Waals surface area contributed by atoms with Crippen LogP contribution in [0.25, 0.3) is 0 Å². The number of aryl methyl sites for hydroxylation is 2. The van der Waals surface area contributed by atoms with E-state index in [4.69, 9.17) is 4.74 Å². The molecule has 1 heterocycles. The molecule has 0 fully saturated rings. The molecule has 0 aliphatic heterocycles. The van der Waals surface area contributed by atoms with E-state index in [9.17, 15) is 4.79 Å². The van der Waals surface area contributed by atoms with Crippen LogP contribution in [0.3, 0.4) is 0 Å². The summed E-state index contributed by atoms with van der Waals surface area (Å²) in [5.74, 6) is -0.103. The Morgan fingerprint density at radius 2 is 2.38 bits per heavy atom. The van der Waals surface area contributed by atoms with Crippen LogP contribution in [0.15, 0.2) is 11.4 Å². The van der Waals surface area contributed by atoms with Gasteiger partial charge >= 0.3 is 5.97 Å². The lowest BCUT2D eigenvalue weighted by Gasteiger charge is -1.99. The fraction of sp³-hybridized carbons (Fsp3) is 0.500. The quantitative estimate of drug-likeness (QED) is 0.695. The van der Waals surface area contributed by atoms with Gasteiger partial charge in [0.1, 0.15) is 0 Å². The van der Waals surface area contributed by atoms with Gasteiger partial charge in [-0.25, -0.2) is 0 Å². The second-order valence-electron chi connectivity index (χ2n) is 2.90. The van der Waals surface area contributed by atoms with Gasteiger partial charge < -0.3 is 4.74 Å². The van der Waals surface area contributed by atoms with E-state index in [-0.39, 0.29) is 5.97 Å². The maximum Gasteiger partial charge on any atom is 0.306 e. The minimum Gasteiger partial charge on any atom is -0.466 e. The molecule has 0 atom stereocenters. The van der Waals surface area contributed by atoms with Gasteiger partial charge in [0.15, 0.2) is 0 Å². The summed E-state index contributed by atoms with van der Waals surface area (Å²) in [4.78, 5) is 12.3. The average Bonchev–Trinajstić information content (AvgIpc) is 2.49. The Morgan fingerprint density at radius 3 is 2.92 bits per heavy atom. The molecule has 1 aromatic rings. The van der Waals surface area contributed by atoms with Crippen LogP contribution in [0.5, 0.6) is 0 Å². The zero-order valence-corrected chi connectivity index (χ0v) is 8.82. The second kappa shape index (κ2) is 5.02. The molecular formula is C10H14O2S. The number of carbonyl (C=O) groups excluding carboxylic acids is 1. The first-order chi connectivity index (χ1) is 6.22. The molecule has 0 spiro atoms. The molecule has 3 heteroatoms. The van der Waals surface area contributed by atoms with Gasteiger partial charge in [0.25, 0.3) is 0 Å². The number of ether oxygens (including phenoxy) is 1. The van der Waals surface area contributed by atoms with E-state index in [1.165, 1.54) is 10.4 Å². The van der Waals surface area contributed by atoms with Crippen molar-refractivity contribution in [2.75, 3.05) is 6.61 Å². The first-order valence-electron chi connectivity index (χ1n) is 4.42. The summed E-state index contributed by atoms with van der Waals surface area (Å²) in [6.07, 6.45) is 1.30. The molecule has 1 aromatic heterocycles. The molecule has 72 valence electrons. The first-order valence-corrected chi connectivity index (χ1v) is 5.30. The van der Waals surface area contributed by atoms with Crippen molar-refractivity contribution in [3.05, 3.63) is 21.9 Å². The molecule has 1 rings (SSSR count). The number of rotatable bonds is 4. The van der Waals surface area contributed by atoms with E-state index in [2.05, 4.69) is 18.4 Å². The normalized spacial score (nSPS) is 10.0. The van der Waals surface area contributed by atoms with Crippen molar-refractivity contribution in [1.29, 1.82) is 0 Å². The van der Waals surface area contributed by atoms with Gasteiger partial charge in [-0.15, -0.1) is 11.3 Å². The van der Waals surface area contributed by atoms with Crippen molar-refractivity contribution < 1.29 is 9.53 Å². The van der Waals surface area contributed by atoms with Crippen LogP contribution in [-0.2, 0) is 16.0 Å². The molecule has 2 nitrogen and oxygen atoms in total. The fourth-order valence-corrected chi connectivity index (χ4v) is 1.96. The Bertz CT molecular complexity index is 278. The molecule has 0 saturated heterocycles. The third kappa shape index (κ3) is 3.59. The highest BCUT2D eigenvalue weighted by molar-refractivity contribution is 7.10. The molecule has 0 radical (unpaired) electrons. The lowest BCUT2D eigenvalue weighted by atomic mass is 10.2. The van der Waals surface area contributed by atoms with Gasteiger partial charge in [-0.1, -0.05) is 0 Å². The molecule has 0 bridgehead atoms. The third-order valence-electron chi connectivity index (χ3n) is 1.67. The number of hydrogen-bond acceptors (Lipinski definition) is 3. The topological polar surface area (TPSA) is 26.3 Å². The van der Waals surface area contributed by atoms with Crippen LogP contribution in [0, 0.1) is 6.92 Å². The monoisotopic (exact) mass is 198 g/mol. The summed E-state index contributed by atoms with van der Waals surface area (Å²) in [5.41, 5.74) is 1.27. The van der Waals surface area contributed by atoms with Crippen molar-refractivity contribution in [2.24, 2.45) is 0 Å². The van der Waals surface area contributed by atoms with E-state index in [1.54, 1.807) is 11.3 Å². The Morgan fingerprint density at radius 1 is 1.62 bits per heavy atom. The van der Waals surface area contributed by atoms with E-state index < -0.39 is 0 Å². The van der Waals surface area contributed by atoms with Crippen molar-refractivity contribution in [1.82, 2.24) is 0 Å². The van der Waals surface area contributed by atoms with Gasteiger partial charge in [0.05, 0.1) is 13.0 Å². The lowest BCUT2D eigenvalue weighted by molar-refractivity contribution is -0.143. The summed E-state index contributed by atoms with van der Waals surface area (Å²) in [6.45, 7) is 4.36. The van der Waals surface area contributed by atoms with Crippen LogP contribution in [0.2, 0.25) is 0 Å².